The van der Waals surface area contributed by atoms with Crippen molar-refractivity contribution in [3.8, 4) is 11.4 Å². The van der Waals surface area contributed by atoms with Crippen LogP contribution in [0.3, 0.4) is 0 Å². The van der Waals surface area contributed by atoms with Crippen LogP contribution in [0.2, 0.25) is 0 Å². The van der Waals surface area contributed by atoms with Gasteiger partial charge in [0.15, 0.2) is 11.0 Å². The van der Waals surface area contributed by atoms with Crippen molar-refractivity contribution in [2.75, 3.05) is 18.2 Å². The number of nitrogens with zero attached hydrogens (tertiary/aromatic N) is 3. The molecule has 39 heavy (non-hydrogen) atoms. The van der Waals surface area contributed by atoms with E-state index in [1.807, 2.05) is 92.9 Å². The van der Waals surface area contributed by atoms with Gasteiger partial charge in [0, 0.05) is 5.69 Å². The van der Waals surface area contributed by atoms with Crippen molar-refractivity contribution < 1.29 is 14.3 Å². The van der Waals surface area contributed by atoms with Crippen LogP contribution in [-0.2, 0) is 22.6 Å². The zero-order valence-corrected chi connectivity index (χ0v) is 23.7. The van der Waals surface area contributed by atoms with Crippen LogP contribution in [0.25, 0.3) is 5.69 Å². The van der Waals surface area contributed by atoms with Crippen molar-refractivity contribution in [2.45, 2.75) is 45.8 Å². The van der Waals surface area contributed by atoms with Crippen LogP contribution < -0.4 is 15.4 Å². The van der Waals surface area contributed by atoms with E-state index in [1.54, 1.807) is 7.11 Å². The molecule has 2 amide bonds. The lowest BCUT2D eigenvalue weighted by molar-refractivity contribution is -0.120. The van der Waals surface area contributed by atoms with Crippen molar-refractivity contribution in [3.63, 3.8) is 0 Å². The highest BCUT2D eigenvalue weighted by atomic mass is 32.2. The molecule has 0 bridgehead atoms. The lowest BCUT2D eigenvalue weighted by Crippen LogP contribution is -2.26. The Labute approximate surface area is 233 Å². The maximum Gasteiger partial charge on any atom is 0.234 e. The fourth-order valence-corrected chi connectivity index (χ4v) is 4.85. The molecule has 0 saturated carbocycles. The number of aryl methyl sites for hydroxylation is 3. The lowest BCUT2D eigenvalue weighted by atomic mass is 10.1. The van der Waals surface area contributed by atoms with Gasteiger partial charge in [0.2, 0.25) is 11.8 Å². The normalized spacial score (nSPS) is 10.8. The van der Waals surface area contributed by atoms with Gasteiger partial charge in [-0.2, -0.15) is 0 Å². The number of rotatable bonds is 10. The van der Waals surface area contributed by atoms with Crippen LogP contribution in [-0.4, -0.2) is 39.4 Å². The SMILES string of the molecule is COc1ccc(CC(=O)NCc2nnc(SCC(=O)Nc3cc(C)ccc3C)n2-c2cccc(C)c2C)cc1. The van der Waals surface area contributed by atoms with Gasteiger partial charge in [-0.3, -0.25) is 14.2 Å². The van der Waals surface area contributed by atoms with Crippen LogP contribution in [0, 0.1) is 27.7 Å². The Kier molecular flexibility index (Phi) is 9.03. The molecule has 0 aliphatic heterocycles. The number of nitrogens with one attached hydrogen (secondary N) is 2. The second-order valence-electron chi connectivity index (χ2n) is 9.41. The molecule has 3 aromatic carbocycles. The van der Waals surface area contributed by atoms with E-state index in [-0.39, 0.29) is 30.5 Å². The number of methoxy groups -OCH3 is 1. The molecule has 4 rings (SSSR count). The van der Waals surface area contributed by atoms with E-state index in [4.69, 9.17) is 4.74 Å². The highest BCUT2D eigenvalue weighted by Gasteiger charge is 2.19. The number of thioether (sulfide) groups is 1. The summed E-state index contributed by atoms with van der Waals surface area (Å²) in [7, 11) is 1.61. The number of benzene rings is 3. The summed E-state index contributed by atoms with van der Waals surface area (Å²) in [6.07, 6.45) is 0.238. The summed E-state index contributed by atoms with van der Waals surface area (Å²) in [5.41, 5.74) is 6.88. The monoisotopic (exact) mass is 543 g/mol. The molecule has 0 aliphatic carbocycles. The average Bonchev–Trinajstić information content (AvgIpc) is 3.33. The first-order valence-electron chi connectivity index (χ1n) is 12.7. The van der Waals surface area contributed by atoms with Crippen LogP contribution in [0.5, 0.6) is 5.75 Å². The number of anilines is 1. The van der Waals surface area contributed by atoms with Crippen molar-refractivity contribution in [2.24, 2.45) is 0 Å². The number of carbonyl (C=O) groups is 2. The summed E-state index contributed by atoms with van der Waals surface area (Å²) in [4.78, 5) is 25.5. The maximum atomic E-state index is 12.8. The number of amides is 2. The minimum Gasteiger partial charge on any atom is -0.497 e. The molecular weight excluding hydrogens is 510 g/mol. The van der Waals surface area contributed by atoms with Gasteiger partial charge in [-0.25, -0.2) is 0 Å². The third-order valence-corrected chi connectivity index (χ3v) is 7.41. The molecule has 2 N–H and O–H groups in total. The summed E-state index contributed by atoms with van der Waals surface area (Å²) in [5.74, 6) is 1.24. The van der Waals surface area contributed by atoms with Gasteiger partial charge in [0.05, 0.1) is 31.5 Å². The van der Waals surface area contributed by atoms with Crippen molar-refractivity contribution in [1.29, 1.82) is 0 Å². The molecule has 9 heteroatoms. The van der Waals surface area contributed by atoms with E-state index in [0.29, 0.717) is 11.0 Å². The molecule has 1 heterocycles. The minimum absolute atomic E-state index is 0.126. The van der Waals surface area contributed by atoms with Gasteiger partial charge in [-0.15, -0.1) is 10.2 Å². The zero-order valence-electron chi connectivity index (χ0n) is 22.9. The number of hydrogen-bond acceptors (Lipinski definition) is 6. The number of aromatic nitrogens is 3. The first-order chi connectivity index (χ1) is 18.7. The number of ether oxygens (including phenoxy) is 1. The molecule has 0 fully saturated rings. The van der Waals surface area contributed by atoms with Gasteiger partial charge in [0.1, 0.15) is 5.75 Å². The van der Waals surface area contributed by atoms with E-state index in [1.165, 1.54) is 11.8 Å². The number of carbonyl (C=O) groups excluding carboxylic acids is 2. The fourth-order valence-electron chi connectivity index (χ4n) is 4.08. The van der Waals surface area contributed by atoms with Gasteiger partial charge < -0.3 is 15.4 Å². The largest absolute Gasteiger partial charge is 0.497 e. The molecule has 4 aromatic rings. The maximum absolute atomic E-state index is 12.8. The molecule has 0 saturated heterocycles. The van der Waals surface area contributed by atoms with Gasteiger partial charge in [0.25, 0.3) is 0 Å². The Morgan fingerprint density at radius 2 is 1.69 bits per heavy atom. The first-order valence-corrected chi connectivity index (χ1v) is 13.6. The second kappa shape index (κ2) is 12.6. The average molecular weight is 544 g/mol. The summed E-state index contributed by atoms with van der Waals surface area (Å²) < 4.78 is 7.11. The van der Waals surface area contributed by atoms with Crippen molar-refractivity contribution in [3.05, 3.63) is 94.3 Å². The molecular formula is C30H33N5O3S. The summed E-state index contributed by atoms with van der Waals surface area (Å²) in [6.45, 7) is 8.25. The Morgan fingerprint density at radius 1 is 0.923 bits per heavy atom. The van der Waals surface area contributed by atoms with Crippen LogP contribution in [0.4, 0.5) is 5.69 Å². The third-order valence-electron chi connectivity index (χ3n) is 6.48. The first kappa shape index (κ1) is 27.9. The minimum atomic E-state index is -0.127. The smallest absolute Gasteiger partial charge is 0.234 e. The molecule has 0 unspecified atom stereocenters. The van der Waals surface area contributed by atoms with Gasteiger partial charge >= 0.3 is 0 Å². The van der Waals surface area contributed by atoms with Gasteiger partial charge in [-0.1, -0.05) is 48.2 Å². The van der Waals surface area contributed by atoms with E-state index >= 15 is 0 Å². The highest BCUT2D eigenvalue weighted by Crippen LogP contribution is 2.26. The predicted molar refractivity (Wildman–Crippen MR) is 155 cm³/mol. The zero-order chi connectivity index (χ0) is 27.9. The van der Waals surface area contributed by atoms with Crippen LogP contribution in [0.1, 0.15) is 33.6 Å². The standard InChI is InChI=1S/C30H33N5O3S/c1-19-9-10-21(3)25(15-19)32-29(37)18-39-30-34-33-27(35(30)26-8-6-7-20(2)22(26)4)17-31-28(36)16-23-11-13-24(38-5)14-12-23/h6-15H,16-18H2,1-5H3,(H,31,36)(H,32,37). The molecule has 0 aliphatic rings. The van der Waals surface area contributed by atoms with Crippen molar-refractivity contribution in [1.82, 2.24) is 20.1 Å². The Hall–Kier alpha value is -4.11. The summed E-state index contributed by atoms with van der Waals surface area (Å²) in [6, 6.07) is 19.4. The number of hydrogen-bond donors (Lipinski definition) is 2. The predicted octanol–water partition coefficient (Wildman–Crippen LogP) is 5.10. The molecule has 202 valence electrons. The molecule has 0 atom stereocenters. The second-order valence-corrected chi connectivity index (χ2v) is 10.4. The molecule has 0 radical (unpaired) electrons. The van der Waals surface area contributed by atoms with Crippen molar-refractivity contribution >= 4 is 29.3 Å². The molecule has 0 spiro atoms. The van der Waals surface area contributed by atoms with Crippen LogP contribution >= 0.6 is 11.8 Å². The van der Waals surface area contributed by atoms with Crippen LogP contribution in [0.15, 0.2) is 65.8 Å². The molecule has 8 nitrogen and oxygen atoms in total. The Bertz CT molecular complexity index is 1480. The third kappa shape index (κ3) is 7.06. The van der Waals surface area contributed by atoms with E-state index in [0.717, 1.165) is 44.9 Å². The molecule has 1 aromatic heterocycles. The van der Waals surface area contributed by atoms with E-state index in [9.17, 15) is 9.59 Å². The van der Waals surface area contributed by atoms with E-state index < -0.39 is 0 Å². The Balaban J connectivity index is 1.50. The lowest BCUT2D eigenvalue weighted by Gasteiger charge is -2.15. The summed E-state index contributed by atoms with van der Waals surface area (Å²) >= 11 is 1.31. The fraction of sp³-hybridized carbons (Fsp3) is 0.267. The van der Waals surface area contributed by atoms with Gasteiger partial charge in [-0.05, 0) is 79.8 Å². The highest BCUT2D eigenvalue weighted by molar-refractivity contribution is 7.99. The summed E-state index contributed by atoms with van der Waals surface area (Å²) in [5, 5.41) is 15.3. The quantitative estimate of drug-likeness (QED) is 0.270. The van der Waals surface area contributed by atoms with E-state index in [2.05, 4.69) is 20.8 Å². The Morgan fingerprint density at radius 3 is 2.44 bits per heavy atom. The topological polar surface area (TPSA) is 98.1 Å².